The lowest BCUT2D eigenvalue weighted by Gasteiger charge is -2.13. The van der Waals surface area contributed by atoms with Crippen molar-refractivity contribution in [3.63, 3.8) is 0 Å². The maximum Gasteiger partial charge on any atom is 0.140 e. The van der Waals surface area contributed by atoms with Gasteiger partial charge in [0.1, 0.15) is 12.2 Å². The first kappa shape index (κ1) is 6.21. The van der Waals surface area contributed by atoms with Crippen molar-refractivity contribution in [1.29, 1.82) is 0 Å². The van der Waals surface area contributed by atoms with Crippen molar-refractivity contribution in [3.05, 3.63) is 12.3 Å². The summed E-state index contributed by atoms with van der Waals surface area (Å²) in [6.07, 6.45) is 3.48. The third-order valence-corrected chi connectivity index (χ3v) is 1.46. The van der Waals surface area contributed by atoms with Crippen LogP contribution in [0.25, 0.3) is 0 Å². The number of anilines is 1. The van der Waals surface area contributed by atoms with Crippen LogP contribution in [0.1, 0.15) is 0 Å². The fourth-order valence-electron chi connectivity index (χ4n) is 0.937. The molecule has 2 heterocycles. The van der Waals surface area contributed by atoms with Crippen LogP contribution in [0.15, 0.2) is 17.3 Å². The number of nitrogens with one attached hydrogen (secondary N) is 2. The molecule has 0 saturated carbocycles. The van der Waals surface area contributed by atoms with Crippen molar-refractivity contribution in [2.75, 3.05) is 18.5 Å². The summed E-state index contributed by atoms with van der Waals surface area (Å²) < 4.78 is 0. The largest absolute Gasteiger partial charge is 0.281 e. The zero-order valence-corrected chi connectivity index (χ0v) is 5.99. The van der Waals surface area contributed by atoms with Crippen LogP contribution in [0.3, 0.4) is 0 Å². The molecule has 0 atom stereocenters. The van der Waals surface area contributed by atoms with Gasteiger partial charge < -0.3 is 0 Å². The third-order valence-electron chi connectivity index (χ3n) is 1.46. The van der Waals surface area contributed by atoms with Crippen molar-refractivity contribution >= 4 is 12.2 Å². The van der Waals surface area contributed by atoms with E-state index in [1.54, 1.807) is 12.5 Å². The second-order valence-electron chi connectivity index (χ2n) is 2.30. The number of hydrazine groups is 1. The molecule has 2 rings (SSSR count). The number of nitrogens with zero attached hydrogens (tertiary/aromatic N) is 3. The van der Waals surface area contributed by atoms with Gasteiger partial charge in [0.2, 0.25) is 0 Å². The van der Waals surface area contributed by atoms with Crippen LogP contribution in [0.5, 0.6) is 0 Å². The number of H-pyrrole nitrogens is 1. The predicted molar refractivity (Wildman–Crippen MR) is 42.3 cm³/mol. The molecule has 1 aromatic rings. The van der Waals surface area contributed by atoms with Crippen LogP contribution in [0.2, 0.25) is 0 Å². The summed E-state index contributed by atoms with van der Waals surface area (Å²) in [4.78, 5) is 4.05. The van der Waals surface area contributed by atoms with Gasteiger partial charge in [-0.1, -0.05) is 0 Å². The lowest BCUT2D eigenvalue weighted by molar-refractivity contribution is 0.554. The lowest BCUT2D eigenvalue weighted by Crippen LogP contribution is -2.26. The van der Waals surface area contributed by atoms with Crippen LogP contribution in [0, 0.1) is 0 Å². The Kier molecular flexibility index (Phi) is 1.47. The van der Waals surface area contributed by atoms with E-state index in [-0.39, 0.29) is 0 Å². The summed E-state index contributed by atoms with van der Waals surface area (Å²) in [6.45, 7) is 1.78. The average Bonchev–Trinajstić information content (AvgIpc) is 2.60. The van der Waals surface area contributed by atoms with E-state index in [1.165, 1.54) is 0 Å². The van der Waals surface area contributed by atoms with Gasteiger partial charge in [-0.3, -0.25) is 20.5 Å². The molecular formula is C6H9N5. The summed E-state index contributed by atoms with van der Waals surface area (Å²) in [5, 5.41) is 8.52. The molecule has 11 heavy (non-hydrogen) atoms. The van der Waals surface area contributed by atoms with Gasteiger partial charge in [0, 0.05) is 6.07 Å². The lowest BCUT2D eigenvalue weighted by atomic mass is 10.6. The number of aromatic amines is 1. The molecule has 0 radical (unpaired) electrons. The van der Waals surface area contributed by atoms with Crippen molar-refractivity contribution in [2.24, 2.45) is 4.99 Å². The Labute approximate surface area is 64.1 Å². The van der Waals surface area contributed by atoms with Gasteiger partial charge in [0.25, 0.3) is 0 Å². The Hall–Kier alpha value is -1.52. The van der Waals surface area contributed by atoms with E-state index in [0.717, 1.165) is 18.9 Å². The normalized spacial score (nSPS) is 15.8. The Bertz CT molecular complexity index is 239. The first-order chi connectivity index (χ1) is 5.45. The summed E-state index contributed by atoms with van der Waals surface area (Å²) in [7, 11) is 0. The second kappa shape index (κ2) is 2.61. The van der Waals surface area contributed by atoms with Crippen molar-refractivity contribution < 1.29 is 0 Å². The molecule has 0 bridgehead atoms. The van der Waals surface area contributed by atoms with E-state index in [1.807, 2.05) is 11.1 Å². The highest BCUT2D eigenvalue weighted by Crippen LogP contribution is 2.01. The fraction of sp³-hybridized carbons (Fsp3) is 0.333. The van der Waals surface area contributed by atoms with Gasteiger partial charge in [-0.25, -0.2) is 0 Å². The van der Waals surface area contributed by atoms with E-state index in [9.17, 15) is 0 Å². The van der Waals surface area contributed by atoms with Crippen molar-refractivity contribution in [3.8, 4) is 0 Å². The van der Waals surface area contributed by atoms with Crippen LogP contribution >= 0.6 is 0 Å². The predicted octanol–water partition coefficient (Wildman–Crippen LogP) is 0.0805. The fourth-order valence-corrected chi connectivity index (χ4v) is 0.937. The van der Waals surface area contributed by atoms with Gasteiger partial charge in [-0.2, -0.15) is 5.10 Å². The Morgan fingerprint density at radius 2 is 2.64 bits per heavy atom. The standard InChI is InChI=1S/C6H9N5/c1-2-8-9-6(1)10-11-4-3-7-5-11/h1-2,5H,3-4H2,(H2,8,9,10). The minimum Gasteiger partial charge on any atom is -0.281 e. The second-order valence-corrected chi connectivity index (χ2v) is 2.30. The molecule has 5 heteroatoms. The molecule has 1 aromatic heterocycles. The molecule has 0 saturated heterocycles. The summed E-state index contributed by atoms with van der Waals surface area (Å²) in [5.74, 6) is 0.887. The van der Waals surface area contributed by atoms with Gasteiger partial charge in [0.15, 0.2) is 0 Å². The van der Waals surface area contributed by atoms with Gasteiger partial charge in [0.05, 0.1) is 19.3 Å². The van der Waals surface area contributed by atoms with E-state index >= 15 is 0 Å². The molecule has 1 aliphatic heterocycles. The maximum absolute atomic E-state index is 4.05. The Morgan fingerprint density at radius 1 is 1.64 bits per heavy atom. The molecule has 0 aliphatic carbocycles. The maximum atomic E-state index is 4.05. The van der Waals surface area contributed by atoms with Gasteiger partial charge >= 0.3 is 0 Å². The highest BCUT2D eigenvalue weighted by molar-refractivity contribution is 5.59. The smallest absolute Gasteiger partial charge is 0.140 e. The summed E-state index contributed by atoms with van der Waals surface area (Å²) in [6, 6.07) is 1.87. The number of hydrogen-bond donors (Lipinski definition) is 2. The molecule has 2 N–H and O–H groups in total. The van der Waals surface area contributed by atoms with Crippen LogP contribution in [-0.2, 0) is 0 Å². The molecule has 0 aromatic carbocycles. The molecule has 0 spiro atoms. The highest BCUT2D eigenvalue weighted by atomic mass is 15.5. The Balaban J connectivity index is 1.95. The average molecular weight is 151 g/mol. The molecule has 1 aliphatic rings. The van der Waals surface area contributed by atoms with E-state index in [4.69, 9.17) is 0 Å². The minimum absolute atomic E-state index is 0.862. The highest BCUT2D eigenvalue weighted by Gasteiger charge is 2.04. The minimum atomic E-state index is 0.862. The van der Waals surface area contributed by atoms with Gasteiger partial charge in [-0.05, 0) is 0 Å². The SMILES string of the molecule is C1=NCCN1Nc1ccn[nH]1. The third kappa shape index (κ3) is 1.31. The number of rotatable bonds is 2. The van der Waals surface area contributed by atoms with Crippen LogP contribution < -0.4 is 5.43 Å². The number of aliphatic imine (C=N–C) groups is 1. The first-order valence-electron chi connectivity index (χ1n) is 3.48. The summed E-state index contributed by atoms with van der Waals surface area (Å²) >= 11 is 0. The number of hydrogen-bond acceptors (Lipinski definition) is 4. The molecular weight excluding hydrogens is 142 g/mol. The van der Waals surface area contributed by atoms with Crippen LogP contribution in [0.4, 0.5) is 5.82 Å². The van der Waals surface area contributed by atoms with Gasteiger partial charge in [-0.15, -0.1) is 0 Å². The first-order valence-corrected chi connectivity index (χ1v) is 3.48. The van der Waals surface area contributed by atoms with Crippen molar-refractivity contribution in [1.82, 2.24) is 15.2 Å². The molecule has 5 nitrogen and oxygen atoms in total. The number of aromatic nitrogens is 2. The Morgan fingerprint density at radius 3 is 3.27 bits per heavy atom. The van der Waals surface area contributed by atoms with Crippen LogP contribution in [-0.4, -0.2) is 34.6 Å². The monoisotopic (exact) mass is 151 g/mol. The molecule has 0 fully saturated rings. The van der Waals surface area contributed by atoms with Crippen molar-refractivity contribution in [2.45, 2.75) is 0 Å². The van der Waals surface area contributed by atoms with E-state index in [0.29, 0.717) is 0 Å². The quantitative estimate of drug-likeness (QED) is 0.629. The molecule has 0 unspecified atom stereocenters. The van der Waals surface area contributed by atoms with E-state index in [2.05, 4.69) is 20.6 Å². The summed E-state index contributed by atoms with van der Waals surface area (Å²) in [5.41, 5.74) is 3.09. The topological polar surface area (TPSA) is 56.3 Å². The molecule has 58 valence electrons. The molecule has 0 amide bonds. The zero-order valence-electron chi connectivity index (χ0n) is 5.99. The van der Waals surface area contributed by atoms with E-state index < -0.39 is 0 Å². The zero-order chi connectivity index (χ0) is 7.52.